The fourth-order valence-corrected chi connectivity index (χ4v) is 8.62. The van der Waals surface area contributed by atoms with Crippen molar-refractivity contribution in [2.45, 2.75) is 80.1 Å². The second kappa shape index (κ2) is 9.17. The molecule has 0 atom stereocenters. The van der Waals surface area contributed by atoms with E-state index < -0.39 is 26.6 Å². The number of carbonyl (C=O) groups excluding carboxylic acids is 1. The van der Waals surface area contributed by atoms with Gasteiger partial charge in [-0.3, -0.25) is 4.90 Å². The molecule has 2 amide bonds. The van der Waals surface area contributed by atoms with Crippen molar-refractivity contribution in [1.82, 2.24) is 14.7 Å². The van der Waals surface area contributed by atoms with Crippen LogP contribution >= 0.6 is 0 Å². The molecule has 2 aliphatic carbocycles. The van der Waals surface area contributed by atoms with E-state index in [1.807, 2.05) is 25.1 Å². The lowest BCUT2D eigenvalue weighted by molar-refractivity contribution is -0.0726. The standard InChI is InChI=1S/C27H40FN3O5S/c1-29(2)27(21-5-3-6-22(28)17-21)11-9-24(10-12-27)18-30(19-26(34)13-15-37(35,36)16-14-26)23(32)31(24)20-25(33)7-4-8-25/h3,5-6,17,33-34H,4,7-16,18-20H2,1-2H3. The van der Waals surface area contributed by atoms with Gasteiger partial charge in [0.1, 0.15) is 5.82 Å². The highest BCUT2D eigenvalue weighted by Gasteiger charge is 2.57. The molecule has 0 bridgehead atoms. The quantitative estimate of drug-likeness (QED) is 0.578. The number of carbonyl (C=O) groups is 1. The van der Waals surface area contributed by atoms with Gasteiger partial charge in [0.25, 0.3) is 0 Å². The number of hydrogen-bond donors (Lipinski definition) is 2. The van der Waals surface area contributed by atoms with Gasteiger partial charge in [0, 0.05) is 12.1 Å². The first-order chi connectivity index (χ1) is 17.3. The molecule has 10 heteroatoms. The third-order valence-corrected chi connectivity index (χ3v) is 11.4. The number of rotatable bonds is 6. The predicted octanol–water partition coefficient (Wildman–Crippen LogP) is 2.49. The summed E-state index contributed by atoms with van der Waals surface area (Å²) >= 11 is 0. The van der Waals surface area contributed by atoms with Crippen LogP contribution in [0.5, 0.6) is 0 Å². The number of amides is 2. The molecule has 37 heavy (non-hydrogen) atoms. The summed E-state index contributed by atoms with van der Waals surface area (Å²) in [5, 5.41) is 22.2. The van der Waals surface area contributed by atoms with Crippen molar-refractivity contribution < 1.29 is 27.8 Å². The second-order valence-electron chi connectivity index (χ2n) is 12.3. The van der Waals surface area contributed by atoms with Gasteiger partial charge in [0.2, 0.25) is 0 Å². The van der Waals surface area contributed by atoms with E-state index in [9.17, 15) is 27.8 Å². The van der Waals surface area contributed by atoms with Crippen molar-refractivity contribution in [3.8, 4) is 0 Å². The van der Waals surface area contributed by atoms with Gasteiger partial charge in [-0.25, -0.2) is 17.6 Å². The van der Waals surface area contributed by atoms with Crippen LogP contribution in [0.2, 0.25) is 0 Å². The van der Waals surface area contributed by atoms with Gasteiger partial charge in [0.15, 0.2) is 9.84 Å². The van der Waals surface area contributed by atoms with Gasteiger partial charge in [-0.2, -0.15) is 0 Å². The molecule has 1 aromatic rings. The van der Waals surface area contributed by atoms with Crippen molar-refractivity contribution in [1.29, 1.82) is 0 Å². The number of halogens is 1. The van der Waals surface area contributed by atoms with E-state index >= 15 is 0 Å². The van der Waals surface area contributed by atoms with Gasteiger partial charge in [0.05, 0.1) is 41.3 Å². The largest absolute Gasteiger partial charge is 0.388 e. The molecule has 0 aromatic heterocycles. The number of sulfone groups is 1. The smallest absolute Gasteiger partial charge is 0.320 e. The Morgan fingerprint density at radius 3 is 2.11 bits per heavy atom. The monoisotopic (exact) mass is 537 g/mol. The highest BCUT2D eigenvalue weighted by molar-refractivity contribution is 7.91. The number of nitrogens with zero attached hydrogens (tertiary/aromatic N) is 3. The van der Waals surface area contributed by atoms with E-state index in [1.165, 1.54) is 6.07 Å². The average Bonchev–Trinajstić information content (AvgIpc) is 3.06. The first-order valence-electron chi connectivity index (χ1n) is 13.4. The van der Waals surface area contributed by atoms with Crippen LogP contribution in [-0.2, 0) is 15.4 Å². The van der Waals surface area contributed by atoms with Crippen LogP contribution in [0.3, 0.4) is 0 Å². The number of β-amino-alcohol motifs (C(OH)–C–C–N with tert-alkyl or cyclic N) is 2. The molecule has 2 aliphatic heterocycles. The van der Waals surface area contributed by atoms with Gasteiger partial charge >= 0.3 is 6.03 Å². The van der Waals surface area contributed by atoms with Crippen LogP contribution in [0.15, 0.2) is 24.3 Å². The summed E-state index contributed by atoms with van der Waals surface area (Å²) in [7, 11) is 0.873. The first-order valence-corrected chi connectivity index (χ1v) is 15.3. The minimum atomic E-state index is -3.15. The first kappa shape index (κ1) is 26.8. The molecule has 2 saturated carbocycles. The molecule has 8 nitrogen and oxygen atoms in total. The van der Waals surface area contributed by atoms with Crippen molar-refractivity contribution >= 4 is 15.9 Å². The molecule has 1 spiro atoms. The summed E-state index contributed by atoms with van der Waals surface area (Å²) in [5.41, 5.74) is -2.04. The minimum absolute atomic E-state index is 0.0703. The van der Waals surface area contributed by atoms with Crippen LogP contribution in [0.1, 0.15) is 63.4 Å². The van der Waals surface area contributed by atoms with Gasteiger partial charge in [-0.1, -0.05) is 12.1 Å². The Labute approximate surface area is 219 Å². The molecule has 5 rings (SSSR count). The number of benzene rings is 1. The molecule has 2 heterocycles. The fraction of sp³-hybridized carbons (Fsp3) is 0.741. The van der Waals surface area contributed by atoms with Crippen LogP contribution < -0.4 is 0 Å². The Morgan fingerprint density at radius 1 is 0.946 bits per heavy atom. The topological polar surface area (TPSA) is 101 Å². The van der Waals surface area contributed by atoms with Gasteiger partial charge < -0.3 is 20.0 Å². The van der Waals surface area contributed by atoms with E-state index in [1.54, 1.807) is 17.0 Å². The van der Waals surface area contributed by atoms with E-state index in [0.717, 1.165) is 24.8 Å². The normalized spacial score (nSPS) is 30.1. The lowest BCUT2D eigenvalue weighted by Gasteiger charge is -2.52. The highest BCUT2D eigenvalue weighted by atomic mass is 32.2. The Balaban J connectivity index is 1.40. The highest BCUT2D eigenvalue weighted by Crippen LogP contribution is 2.50. The molecule has 0 radical (unpaired) electrons. The maximum absolute atomic E-state index is 14.2. The Morgan fingerprint density at radius 2 is 1.57 bits per heavy atom. The van der Waals surface area contributed by atoms with Crippen LogP contribution in [0, 0.1) is 5.82 Å². The molecule has 4 fully saturated rings. The lowest BCUT2D eigenvalue weighted by atomic mass is 9.67. The number of hydrogen-bond acceptors (Lipinski definition) is 6. The summed E-state index contributed by atoms with van der Waals surface area (Å²) in [6.45, 7) is 0.800. The maximum atomic E-state index is 14.2. The molecule has 206 valence electrons. The van der Waals surface area contributed by atoms with E-state index in [0.29, 0.717) is 32.2 Å². The Kier molecular flexibility index (Phi) is 6.65. The molecule has 0 unspecified atom stereocenters. The SMILES string of the molecule is CN(C)C1(c2cccc(F)c2)CCC2(CC1)CN(CC1(O)CCS(=O)(=O)CC1)C(=O)N2CC1(O)CCC1. The van der Waals surface area contributed by atoms with Gasteiger partial charge in [-0.05, 0) is 89.6 Å². The summed E-state index contributed by atoms with van der Waals surface area (Å²) in [6.07, 6.45) is 5.34. The third-order valence-electron chi connectivity index (χ3n) is 9.76. The van der Waals surface area contributed by atoms with Crippen LogP contribution in [0.4, 0.5) is 9.18 Å². The zero-order chi connectivity index (χ0) is 26.7. The van der Waals surface area contributed by atoms with Crippen LogP contribution in [-0.4, -0.2) is 101 Å². The molecule has 4 aliphatic rings. The van der Waals surface area contributed by atoms with E-state index in [2.05, 4.69) is 4.90 Å². The third kappa shape index (κ3) is 4.90. The summed E-state index contributed by atoms with van der Waals surface area (Å²) in [6, 6.07) is 6.57. The Hall–Kier alpha value is -1.75. The van der Waals surface area contributed by atoms with Crippen molar-refractivity contribution in [3.05, 3.63) is 35.6 Å². The summed E-state index contributed by atoms with van der Waals surface area (Å²) in [4.78, 5) is 19.5. The zero-order valence-corrected chi connectivity index (χ0v) is 22.8. The predicted molar refractivity (Wildman–Crippen MR) is 138 cm³/mol. The van der Waals surface area contributed by atoms with Crippen molar-refractivity contribution in [2.24, 2.45) is 0 Å². The molecule has 1 aromatic carbocycles. The Bertz CT molecular complexity index is 1130. The number of urea groups is 1. The van der Waals surface area contributed by atoms with Crippen molar-refractivity contribution in [3.63, 3.8) is 0 Å². The minimum Gasteiger partial charge on any atom is -0.388 e. The molecule has 2 N–H and O–H groups in total. The summed E-state index contributed by atoms with van der Waals surface area (Å²) in [5.74, 6) is -0.407. The molecular formula is C27H40FN3O5S. The van der Waals surface area contributed by atoms with E-state index in [-0.39, 0.29) is 54.8 Å². The van der Waals surface area contributed by atoms with Gasteiger partial charge in [-0.15, -0.1) is 0 Å². The second-order valence-corrected chi connectivity index (χ2v) is 14.6. The lowest BCUT2D eigenvalue weighted by Crippen LogP contribution is -2.59. The van der Waals surface area contributed by atoms with Crippen molar-refractivity contribution in [2.75, 3.05) is 45.2 Å². The zero-order valence-electron chi connectivity index (χ0n) is 22.0. The number of aliphatic hydroxyl groups is 2. The molecular weight excluding hydrogens is 497 g/mol. The maximum Gasteiger partial charge on any atom is 0.320 e. The van der Waals surface area contributed by atoms with Crippen LogP contribution in [0.25, 0.3) is 0 Å². The average molecular weight is 538 g/mol. The van der Waals surface area contributed by atoms with E-state index in [4.69, 9.17) is 0 Å². The summed E-state index contributed by atoms with van der Waals surface area (Å²) < 4.78 is 38.0. The molecule has 2 saturated heterocycles. The fourth-order valence-electron chi connectivity index (χ4n) is 7.04.